The number of amides is 1. The van der Waals surface area contributed by atoms with Gasteiger partial charge in [-0.15, -0.1) is 0 Å². The minimum Gasteiger partial charge on any atom is -0.444 e. The van der Waals surface area contributed by atoms with Crippen LogP contribution in [0.25, 0.3) is 0 Å². The van der Waals surface area contributed by atoms with Gasteiger partial charge >= 0.3 is 6.09 Å². The molecular formula is C11H18N2O3. The van der Waals surface area contributed by atoms with Crippen LogP contribution in [0.2, 0.25) is 0 Å². The zero-order valence-corrected chi connectivity index (χ0v) is 9.93. The molecule has 1 saturated heterocycles. The molecule has 1 rings (SSSR count). The maximum absolute atomic E-state index is 11.8. The Labute approximate surface area is 95.6 Å². The molecule has 1 fully saturated rings. The molecule has 0 aromatic rings. The lowest BCUT2D eigenvalue weighted by Crippen LogP contribution is -2.41. The van der Waals surface area contributed by atoms with Gasteiger partial charge in [-0.3, -0.25) is 0 Å². The third-order valence-corrected chi connectivity index (χ3v) is 2.44. The number of ether oxygens (including phenoxy) is 1. The zero-order valence-electron chi connectivity index (χ0n) is 9.93. The zero-order chi connectivity index (χ0) is 12.3. The third kappa shape index (κ3) is 3.11. The van der Waals surface area contributed by atoms with Crippen molar-refractivity contribution in [1.82, 2.24) is 4.90 Å². The molecule has 1 aliphatic rings. The standard InChI is InChI=1S/C11H18N2O3/c1-11(2,3)16-10(15)13-6-8(5-12)4-9(13)7-14/h8-9,14H,4,6-7H2,1-3H3/t8-,9+/m1/s1. The van der Waals surface area contributed by atoms with Gasteiger partial charge in [0.05, 0.1) is 24.6 Å². The lowest BCUT2D eigenvalue weighted by molar-refractivity contribution is 0.0174. The van der Waals surface area contributed by atoms with E-state index in [0.717, 1.165) is 0 Å². The summed E-state index contributed by atoms with van der Waals surface area (Å²) in [6.07, 6.45) is 0.0657. The largest absolute Gasteiger partial charge is 0.444 e. The summed E-state index contributed by atoms with van der Waals surface area (Å²) in [5.41, 5.74) is -0.554. The van der Waals surface area contributed by atoms with E-state index in [1.54, 1.807) is 20.8 Å². The molecule has 0 aromatic carbocycles. The Kier molecular flexibility index (Phi) is 3.76. The molecule has 0 radical (unpaired) electrons. The molecule has 1 heterocycles. The molecule has 5 nitrogen and oxygen atoms in total. The van der Waals surface area contributed by atoms with E-state index in [9.17, 15) is 4.79 Å². The Balaban J connectivity index is 2.65. The first-order valence-electron chi connectivity index (χ1n) is 5.37. The van der Waals surface area contributed by atoms with E-state index < -0.39 is 11.7 Å². The van der Waals surface area contributed by atoms with Crippen LogP contribution in [0.15, 0.2) is 0 Å². The van der Waals surface area contributed by atoms with Crippen LogP contribution in [-0.2, 0) is 4.74 Å². The van der Waals surface area contributed by atoms with Crippen molar-refractivity contribution in [2.24, 2.45) is 5.92 Å². The van der Waals surface area contributed by atoms with Crippen molar-refractivity contribution in [3.63, 3.8) is 0 Å². The first-order valence-corrected chi connectivity index (χ1v) is 5.37. The number of likely N-dealkylation sites (tertiary alicyclic amines) is 1. The molecule has 1 aliphatic heterocycles. The molecule has 0 aliphatic carbocycles. The second kappa shape index (κ2) is 4.71. The first kappa shape index (κ1) is 12.8. The Morgan fingerprint density at radius 2 is 2.25 bits per heavy atom. The molecule has 0 unspecified atom stereocenters. The van der Waals surface area contributed by atoms with Crippen molar-refractivity contribution in [3.8, 4) is 6.07 Å². The average molecular weight is 226 g/mol. The monoisotopic (exact) mass is 226 g/mol. The molecule has 90 valence electrons. The van der Waals surface area contributed by atoms with Gasteiger partial charge in [0.1, 0.15) is 5.60 Å². The second-order valence-electron chi connectivity index (χ2n) is 5.03. The highest BCUT2D eigenvalue weighted by atomic mass is 16.6. The molecule has 0 saturated carbocycles. The van der Waals surface area contributed by atoms with E-state index in [1.807, 2.05) is 0 Å². The van der Waals surface area contributed by atoms with Crippen LogP contribution in [-0.4, -0.2) is 40.9 Å². The lowest BCUT2D eigenvalue weighted by atomic mass is 10.1. The molecule has 5 heteroatoms. The molecule has 1 amide bonds. The average Bonchev–Trinajstić information content (AvgIpc) is 2.58. The Bertz CT molecular complexity index is 303. The second-order valence-corrected chi connectivity index (χ2v) is 5.03. The van der Waals surface area contributed by atoms with Crippen molar-refractivity contribution < 1.29 is 14.6 Å². The van der Waals surface area contributed by atoms with Gasteiger partial charge in [0, 0.05) is 6.54 Å². The van der Waals surface area contributed by atoms with Crippen molar-refractivity contribution in [3.05, 3.63) is 0 Å². The Hall–Kier alpha value is -1.28. The van der Waals surface area contributed by atoms with Crippen molar-refractivity contribution >= 4 is 6.09 Å². The fourth-order valence-corrected chi connectivity index (χ4v) is 1.73. The van der Waals surface area contributed by atoms with Crippen LogP contribution >= 0.6 is 0 Å². The molecule has 16 heavy (non-hydrogen) atoms. The summed E-state index contributed by atoms with van der Waals surface area (Å²) >= 11 is 0. The van der Waals surface area contributed by atoms with Crippen LogP contribution in [0.4, 0.5) is 4.79 Å². The van der Waals surface area contributed by atoms with Crippen molar-refractivity contribution in [1.29, 1.82) is 5.26 Å². The van der Waals surface area contributed by atoms with E-state index in [1.165, 1.54) is 4.90 Å². The maximum Gasteiger partial charge on any atom is 0.410 e. The summed E-state index contributed by atoms with van der Waals surface area (Å²) in [6, 6.07) is 1.82. The number of nitrogens with zero attached hydrogens (tertiary/aromatic N) is 2. The van der Waals surface area contributed by atoms with E-state index in [2.05, 4.69) is 6.07 Å². The van der Waals surface area contributed by atoms with Crippen LogP contribution < -0.4 is 0 Å². The normalized spacial score (nSPS) is 25.3. The van der Waals surface area contributed by atoms with Gasteiger partial charge in [0.25, 0.3) is 0 Å². The third-order valence-electron chi connectivity index (χ3n) is 2.44. The van der Waals surface area contributed by atoms with E-state index in [-0.39, 0.29) is 18.6 Å². The maximum atomic E-state index is 11.8. The molecule has 2 atom stereocenters. The minimum atomic E-state index is -0.554. The quantitative estimate of drug-likeness (QED) is 0.727. The summed E-state index contributed by atoms with van der Waals surface area (Å²) in [7, 11) is 0. The van der Waals surface area contributed by atoms with Gasteiger partial charge in [-0.2, -0.15) is 5.26 Å². The highest BCUT2D eigenvalue weighted by molar-refractivity contribution is 5.69. The van der Waals surface area contributed by atoms with Gasteiger partial charge in [0.15, 0.2) is 0 Å². The number of carbonyl (C=O) groups excluding carboxylic acids is 1. The minimum absolute atomic E-state index is 0.128. The summed E-state index contributed by atoms with van der Waals surface area (Å²) in [5.74, 6) is -0.204. The number of nitriles is 1. The fraction of sp³-hybridized carbons (Fsp3) is 0.818. The summed E-state index contributed by atoms with van der Waals surface area (Å²) < 4.78 is 5.21. The topological polar surface area (TPSA) is 73.6 Å². The van der Waals surface area contributed by atoms with Crippen LogP contribution in [0.3, 0.4) is 0 Å². The van der Waals surface area contributed by atoms with Crippen LogP contribution in [0.5, 0.6) is 0 Å². The molecule has 0 aromatic heterocycles. The number of carbonyl (C=O) groups is 1. The van der Waals surface area contributed by atoms with E-state index >= 15 is 0 Å². The molecular weight excluding hydrogens is 208 g/mol. The first-order chi connectivity index (χ1) is 7.37. The molecule has 0 bridgehead atoms. The van der Waals surface area contributed by atoms with Crippen molar-refractivity contribution in [2.45, 2.75) is 38.8 Å². The number of hydrogen-bond donors (Lipinski definition) is 1. The van der Waals surface area contributed by atoms with Gasteiger partial charge < -0.3 is 14.7 Å². The van der Waals surface area contributed by atoms with Gasteiger partial charge in [-0.1, -0.05) is 0 Å². The molecule has 1 N–H and O–H groups in total. The van der Waals surface area contributed by atoms with Gasteiger partial charge in [-0.25, -0.2) is 4.79 Å². The molecule has 0 spiro atoms. The smallest absolute Gasteiger partial charge is 0.410 e. The van der Waals surface area contributed by atoms with Crippen molar-refractivity contribution in [2.75, 3.05) is 13.2 Å². The Morgan fingerprint density at radius 1 is 1.62 bits per heavy atom. The van der Waals surface area contributed by atoms with Gasteiger partial charge in [-0.05, 0) is 27.2 Å². The lowest BCUT2D eigenvalue weighted by Gasteiger charge is -2.27. The van der Waals surface area contributed by atoms with Crippen LogP contribution in [0.1, 0.15) is 27.2 Å². The van der Waals surface area contributed by atoms with E-state index in [4.69, 9.17) is 15.1 Å². The fourth-order valence-electron chi connectivity index (χ4n) is 1.73. The SMILES string of the molecule is CC(C)(C)OC(=O)N1C[C@@H](C#N)C[C@H]1CO. The predicted octanol–water partition coefficient (Wildman–Crippen LogP) is 1.13. The van der Waals surface area contributed by atoms with Gasteiger partial charge in [0.2, 0.25) is 0 Å². The number of rotatable bonds is 1. The Morgan fingerprint density at radius 3 is 2.69 bits per heavy atom. The van der Waals surface area contributed by atoms with E-state index in [0.29, 0.717) is 13.0 Å². The number of hydrogen-bond acceptors (Lipinski definition) is 4. The number of aliphatic hydroxyl groups excluding tert-OH is 1. The predicted molar refractivity (Wildman–Crippen MR) is 57.5 cm³/mol. The number of aliphatic hydroxyl groups is 1. The van der Waals surface area contributed by atoms with Crippen LogP contribution in [0, 0.1) is 17.2 Å². The summed E-state index contributed by atoms with van der Waals surface area (Å²) in [4.78, 5) is 13.2. The highest BCUT2D eigenvalue weighted by Gasteiger charge is 2.37. The highest BCUT2D eigenvalue weighted by Crippen LogP contribution is 2.24. The summed E-state index contributed by atoms with van der Waals surface area (Å²) in [5, 5.41) is 17.9. The summed E-state index contributed by atoms with van der Waals surface area (Å²) in [6.45, 7) is 5.58.